The molecule has 3 rings (SSSR count). The Morgan fingerprint density at radius 3 is 2.60 bits per heavy atom. The molecule has 0 aromatic heterocycles. The highest BCUT2D eigenvalue weighted by Crippen LogP contribution is 2.32. The van der Waals surface area contributed by atoms with Crippen molar-refractivity contribution in [1.29, 1.82) is 0 Å². The van der Waals surface area contributed by atoms with Crippen LogP contribution in [0.25, 0.3) is 0 Å². The first kappa shape index (κ1) is 13.8. The van der Waals surface area contributed by atoms with Gasteiger partial charge in [0.2, 0.25) is 0 Å². The van der Waals surface area contributed by atoms with Gasteiger partial charge in [0.1, 0.15) is 5.78 Å². The van der Waals surface area contributed by atoms with Crippen LogP contribution in [-0.4, -0.2) is 23.3 Å². The maximum absolute atomic E-state index is 12.2. The Morgan fingerprint density at radius 2 is 1.85 bits per heavy atom. The van der Waals surface area contributed by atoms with Crippen LogP contribution in [0.1, 0.15) is 50.5 Å². The smallest absolute Gasteiger partial charge is 0.137 e. The fourth-order valence-corrected chi connectivity index (χ4v) is 3.91. The van der Waals surface area contributed by atoms with Crippen molar-refractivity contribution in [2.75, 3.05) is 6.54 Å². The number of rotatable bonds is 3. The zero-order valence-electron chi connectivity index (χ0n) is 12.3. The molecule has 2 fully saturated rings. The molecule has 1 aromatic carbocycles. The number of carbonyl (C=O) groups excluding carboxylic acids is 1. The van der Waals surface area contributed by atoms with E-state index in [-0.39, 0.29) is 0 Å². The number of likely N-dealkylation sites (tertiary alicyclic amines) is 1. The van der Waals surface area contributed by atoms with E-state index in [9.17, 15) is 4.79 Å². The molecule has 0 radical (unpaired) electrons. The third-order valence-electron chi connectivity index (χ3n) is 4.96. The zero-order valence-corrected chi connectivity index (χ0v) is 12.3. The summed E-state index contributed by atoms with van der Waals surface area (Å²) in [7, 11) is 0. The molecule has 1 saturated carbocycles. The Balaban J connectivity index is 1.75. The van der Waals surface area contributed by atoms with E-state index in [1.54, 1.807) is 0 Å². The standard InChI is InChI=1S/C18H25NO/c20-18-12-7-10-16(18)17-11-5-2-6-13-19(17)14-15-8-3-1-4-9-15/h1,3-4,8-9,16-17H,2,5-7,10-14H2/t16-,17+/m0/s1. The van der Waals surface area contributed by atoms with Crippen LogP contribution in [0.2, 0.25) is 0 Å². The summed E-state index contributed by atoms with van der Waals surface area (Å²) in [6.45, 7) is 2.17. The molecule has 20 heavy (non-hydrogen) atoms. The fourth-order valence-electron chi connectivity index (χ4n) is 3.91. The largest absolute Gasteiger partial charge is 0.299 e. The van der Waals surface area contributed by atoms with Gasteiger partial charge in [-0.3, -0.25) is 9.69 Å². The minimum absolute atomic E-state index is 0.316. The average Bonchev–Trinajstić information content (AvgIpc) is 2.76. The lowest BCUT2D eigenvalue weighted by Gasteiger charge is -2.33. The minimum atomic E-state index is 0.316. The molecule has 1 aromatic rings. The lowest BCUT2D eigenvalue weighted by Crippen LogP contribution is -2.41. The van der Waals surface area contributed by atoms with Gasteiger partial charge in [-0.2, -0.15) is 0 Å². The molecule has 0 unspecified atom stereocenters. The monoisotopic (exact) mass is 271 g/mol. The van der Waals surface area contributed by atoms with Crippen molar-refractivity contribution in [3.05, 3.63) is 35.9 Å². The van der Waals surface area contributed by atoms with Crippen molar-refractivity contribution in [3.8, 4) is 0 Å². The molecule has 2 atom stereocenters. The molecule has 2 heteroatoms. The quantitative estimate of drug-likeness (QED) is 0.833. The van der Waals surface area contributed by atoms with Gasteiger partial charge in [-0.05, 0) is 37.8 Å². The maximum Gasteiger partial charge on any atom is 0.137 e. The molecule has 0 spiro atoms. The van der Waals surface area contributed by atoms with Gasteiger partial charge < -0.3 is 0 Å². The summed E-state index contributed by atoms with van der Waals surface area (Å²) in [6, 6.07) is 11.2. The van der Waals surface area contributed by atoms with E-state index in [2.05, 4.69) is 35.2 Å². The number of Topliss-reactive ketones (excluding diaryl/α,β-unsaturated/α-hetero) is 1. The van der Waals surface area contributed by atoms with Gasteiger partial charge in [0.05, 0.1) is 0 Å². The summed E-state index contributed by atoms with van der Waals surface area (Å²) < 4.78 is 0. The second-order valence-electron chi connectivity index (χ2n) is 6.34. The van der Waals surface area contributed by atoms with Crippen molar-refractivity contribution in [3.63, 3.8) is 0 Å². The molecule has 2 aliphatic rings. The van der Waals surface area contributed by atoms with E-state index < -0.39 is 0 Å². The Kier molecular flexibility index (Phi) is 4.51. The van der Waals surface area contributed by atoms with Gasteiger partial charge in [-0.15, -0.1) is 0 Å². The second-order valence-corrected chi connectivity index (χ2v) is 6.34. The molecule has 108 valence electrons. The summed E-state index contributed by atoms with van der Waals surface area (Å²) in [5.74, 6) is 0.840. The number of ketones is 1. The maximum atomic E-state index is 12.2. The highest BCUT2D eigenvalue weighted by atomic mass is 16.1. The molecule has 0 bridgehead atoms. The molecule has 2 nitrogen and oxygen atoms in total. The van der Waals surface area contributed by atoms with Crippen LogP contribution in [0.5, 0.6) is 0 Å². The number of hydrogen-bond acceptors (Lipinski definition) is 2. The van der Waals surface area contributed by atoms with Gasteiger partial charge in [0, 0.05) is 24.9 Å². The highest BCUT2D eigenvalue weighted by molar-refractivity contribution is 5.83. The predicted octanol–water partition coefficient (Wildman–Crippen LogP) is 3.80. The number of nitrogens with zero attached hydrogens (tertiary/aromatic N) is 1. The van der Waals surface area contributed by atoms with Crippen LogP contribution in [0.3, 0.4) is 0 Å². The molecule has 1 heterocycles. The molecule has 1 aliphatic carbocycles. The van der Waals surface area contributed by atoms with Crippen LogP contribution in [0.15, 0.2) is 30.3 Å². The third kappa shape index (κ3) is 3.12. The predicted molar refractivity (Wildman–Crippen MR) is 81.5 cm³/mol. The Hall–Kier alpha value is -1.15. The zero-order chi connectivity index (χ0) is 13.8. The number of benzene rings is 1. The SMILES string of the molecule is O=C1CCC[C@H]1[C@H]1CCCCCN1Cc1ccccc1. The summed E-state index contributed by atoms with van der Waals surface area (Å²) in [5.41, 5.74) is 1.38. The van der Waals surface area contributed by atoms with Crippen LogP contribution in [0, 0.1) is 5.92 Å². The van der Waals surface area contributed by atoms with E-state index >= 15 is 0 Å². The van der Waals surface area contributed by atoms with Gasteiger partial charge in [0.25, 0.3) is 0 Å². The molecule has 1 saturated heterocycles. The van der Waals surface area contributed by atoms with E-state index in [0.29, 0.717) is 17.7 Å². The highest BCUT2D eigenvalue weighted by Gasteiger charge is 2.35. The molecule has 1 aliphatic heterocycles. The first-order valence-electron chi connectivity index (χ1n) is 8.15. The van der Waals surface area contributed by atoms with E-state index in [0.717, 1.165) is 32.4 Å². The summed E-state index contributed by atoms with van der Waals surface area (Å²) in [5, 5.41) is 0. The second kappa shape index (κ2) is 6.53. The van der Waals surface area contributed by atoms with Crippen molar-refractivity contribution < 1.29 is 4.79 Å². The van der Waals surface area contributed by atoms with Gasteiger partial charge in [-0.1, -0.05) is 43.2 Å². The first-order chi connectivity index (χ1) is 9.84. The number of carbonyl (C=O) groups is 1. The van der Waals surface area contributed by atoms with Crippen LogP contribution in [-0.2, 0) is 11.3 Å². The van der Waals surface area contributed by atoms with Gasteiger partial charge >= 0.3 is 0 Å². The average molecular weight is 271 g/mol. The molecule has 0 amide bonds. The molecular weight excluding hydrogens is 246 g/mol. The van der Waals surface area contributed by atoms with Gasteiger partial charge in [-0.25, -0.2) is 0 Å². The molecule has 0 N–H and O–H groups in total. The van der Waals surface area contributed by atoms with Crippen LogP contribution >= 0.6 is 0 Å². The van der Waals surface area contributed by atoms with E-state index in [1.165, 1.54) is 31.2 Å². The van der Waals surface area contributed by atoms with Crippen molar-refractivity contribution in [1.82, 2.24) is 4.90 Å². The molecular formula is C18H25NO. The Morgan fingerprint density at radius 1 is 1.00 bits per heavy atom. The third-order valence-corrected chi connectivity index (χ3v) is 4.96. The van der Waals surface area contributed by atoms with E-state index in [1.807, 2.05) is 0 Å². The number of hydrogen-bond donors (Lipinski definition) is 0. The Labute approximate surface area is 122 Å². The van der Waals surface area contributed by atoms with Crippen LogP contribution in [0.4, 0.5) is 0 Å². The lowest BCUT2D eigenvalue weighted by atomic mass is 9.92. The minimum Gasteiger partial charge on any atom is -0.299 e. The van der Waals surface area contributed by atoms with Crippen molar-refractivity contribution in [2.45, 2.75) is 57.5 Å². The van der Waals surface area contributed by atoms with Gasteiger partial charge in [0.15, 0.2) is 0 Å². The normalized spacial score (nSPS) is 28.5. The lowest BCUT2D eigenvalue weighted by molar-refractivity contribution is -0.122. The summed E-state index contributed by atoms with van der Waals surface area (Å²) in [6.07, 6.45) is 8.16. The van der Waals surface area contributed by atoms with Crippen molar-refractivity contribution in [2.24, 2.45) is 5.92 Å². The Bertz CT molecular complexity index is 442. The van der Waals surface area contributed by atoms with E-state index in [4.69, 9.17) is 0 Å². The summed E-state index contributed by atoms with van der Waals surface area (Å²) >= 11 is 0. The fraction of sp³-hybridized carbons (Fsp3) is 0.611. The summed E-state index contributed by atoms with van der Waals surface area (Å²) in [4.78, 5) is 14.8. The van der Waals surface area contributed by atoms with Crippen LogP contribution < -0.4 is 0 Å². The van der Waals surface area contributed by atoms with Crippen molar-refractivity contribution >= 4 is 5.78 Å². The first-order valence-corrected chi connectivity index (χ1v) is 8.15. The topological polar surface area (TPSA) is 20.3 Å².